The molecule has 0 unspecified atom stereocenters. The van der Waals surface area contributed by atoms with Gasteiger partial charge in [0.1, 0.15) is 5.69 Å². The van der Waals surface area contributed by atoms with Gasteiger partial charge < -0.3 is 15.1 Å². The lowest BCUT2D eigenvalue weighted by Gasteiger charge is -2.24. The van der Waals surface area contributed by atoms with Crippen LogP contribution in [0.2, 0.25) is 0 Å². The summed E-state index contributed by atoms with van der Waals surface area (Å²) in [7, 11) is 0. The van der Waals surface area contributed by atoms with Crippen molar-refractivity contribution in [1.29, 1.82) is 0 Å². The first-order valence-corrected chi connectivity index (χ1v) is 7.13. The molecule has 0 amide bonds. The fourth-order valence-electron chi connectivity index (χ4n) is 2.18. The second-order valence-corrected chi connectivity index (χ2v) is 4.82. The molecule has 0 bridgehead atoms. The minimum atomic E-state index is 0.0436. The molecule has 0 spiro atoms. The van der Waals surface area contributed by atoms with E-state index in [2.05, 4.69) is 15.2 Å². The highest BCUT2D eigenvalue weighted by Crippen LogP contribution is 2.26. The number of hydrogen-bond donors (Lipinski definition) is 2. The van der Waals surface area contributed by atoms with Crippen molar-refractivity contribution in [3.05, 3.63) is 48.3 Å². The summed E-state index contributed by atoms with van der Waals surface area (Å²) in [6, 6.07) is 9.37. The van der Waals surface area contributed by atoms with Crippen LogP contribution in [0.15, 0.2) is 53.0 Å². The zero-order chi connectivity index (χ0) is 15.8. The van der Waals surface area contributed by atoms with Crippen molar-refractivity contribution in [2.75, 3.05) is 31.2 Å². The number of azo groups is 1. The van der Waals surface area contributed by atoms with Crippen molar-refractivity contribution in [2.24, 2.45) is 10.2 Å². The molecule has 1 aromatic heterocycles. The third-order valence-electron chi connectivity index (χ3n) is 3.19. The molecule has 0 fully saturated rings. The van der Waals surface area contributed by atoms with Gasteiger partial charge in [-0.2, -0.15) is 5.11 Å². The maximum absolute atomic E-state index is 9.12. The third-order valence-corrected chi connectivity index (χ3v) is 3.19. The molecular weight excluding hydrogens is 280 g/mol. The van der Waals surface area contributed by atoms with Crippen LogP contribution in [0.1, 0.15) is 5.56 Å². The minimum absolute atomic E-state index is 0.0436. The molecule has 0 radical (unpaired) electrons. The molecule has 0 aliphatic rings. The van der Waals surface area contributed by atoms with E-state index >= 15 is 0 Å². The summed E-state index contributed by atoms with van der Waals surface area (Å²) < 4.78 is 0. The highest BCUT2D eigenvalue weighted by atomic mass is 16.3. The highest BCUT2D eigenvalue weighted by molar-refractivity contribution is 5.59. The number of aryl methyl sites for hydroxylation is 1. The van der Waals surface area contributed by atoms with Gasteiger partial charge in [0, 0.05) is 25.0 Å². The number of nitrogens with zero attached hydrogens (tertiary/aromatic N) is 4. The van der Waals surface area contributed by atoms with Gasteiger partial charge in [-0.15, -0.1) is 5.11 Å². The Morgan fingerprint density at radius 2 is 1.77 bits per heavy atom. The molecule has 1 heterocycles. The predicted molar refractivity (Wildman–Crippen MR) is 86.0 cm³/mol. The van der Waals surface area contributed by atoms with Crippen molar-refractivity contribution < 1.29 is 10.2 Å². The van der Waals surface area contributed by atoms with E-state index in [1.165, 1.54) is 0 Å². The first-order valence-electron chi connectivity index (χ1n) is 7.13. The van der Waals surface area contributed by atoms with Gasteiger partial charge in [0.05, 0.1) is 25.1 Å². The van der Waals surface area contributed by atoms with Gasteiger partial charge in [-0.3, -0.25) is 4.98 Å². The molecule has 0 aliphatic heterocycles. The summed E-state index contributed by atoms with van der Waals surface area (Å²) in [5.74, 6) is 0. The lowest BCUT2D eigenvalue weighted by molar-refractivity contribution is 0.281. The fraction of sp³-hybridized carbons (Fsp3) is 0.312. The number of aliphatic hydroxyl groups is 2. The molecule has 0 saturated heterocycles. The van der Waals surface area contributed by atoms with E-state index in [9.17, 15) is 0 Å². The first kappa shape index (κ1) is 16.1. The van der Waals surface area contributed by atoms with Crippen molar-refractivity contribution in [2.45, 2.75) is 6.92 Å². The van der Waals surface area contributed by atoms with E-state index in [0.717, 1.165) is 16.9 Å². The SMILES string of the molecule is Cc1cc(N=Nc2cccnc2)ccc1N(CCO)CCO. The monoisotopic (exact) mass is 300 g/mol. The van der Waals surface area contributed by atoms with Crippen molar-refractivity contribution >= 4 is 17.1 Å². The standard InChI is InChI=1S/C16H20N4O2/c1-13-11-14(18-19-15-3-2-6-17-12-15)4-5-16(13)20(7-9-21)8-10-22/h2-6,11-12,21-22H,7-10H2,1H3. The smallest absolute Gasteiger partial charge is 0.104 e. The second kappa shape index (κ2) is 8.21. The Bertz CT molecular complexity index is 611. The summed E-state index contributed by atoms with van der Waals surface area (Å²) in [5.41, 5.74) is 3.44. The van der Waals surface area contributed by atoms with Crippen LogP contribution in [0.5, 0.6) is 0 Å². The van der Waals surface area contributed by atoms with Gasteiger partial charge in [0.2, 0.25) is 0 Å². The first-order chi connectivity index (χ1) is 10.7. The van der Waals surface area contributed by atoms with Crippen LogP contribution < -0.4 is 4.90 Å². The van der Waals surface area contributed by atoms with Crippen LogP contribution in [-0.2, 0) is 0 Å². The Labute approximate surface area is 129 Å². The maximum atomic E-state index is 9.12. The van der Waals surface area contributed by atoms with E-state index in [4.69, 9.17) is 10.2 Å². The summed E-state index contributed by atoms with van der Waals surface area (Å²) in [4.78, 5) is 5.93. The second-order valence-electron chi connectivity index (χ2n) is 4.82. The Morgan fingerprint density at radius 1 is 1.05 bits per heavy atom. The van der Waals surface area contributed by atoms with E-state index in [0.29, 0.717) is 18.8 Å². The zero-order valence-corrected chi connectivity index (χ0v) is 12.6. The number of anilines is 1. The normalized spacial score (nSPS) is 11.0. The van der Waals surface area contributed by atoms with E-state index in [1.54, 1.807) is 12.4 Å². The van der Waals surface area contributed by atoms with Gasteiger partial charge in [0.15, 0.2) is 0 Å². The third kappa shape index (κ3) is 4.34. The molecule has 116 valence electrons. The molecule has 2 aromatic rings. The number of rotatable bonds is 7. The number of hydrogen-bond acceptors (Lipinski definition) is 6. The van der Waals surface area contributed by atoms with Crippen LogP contribution in [0, 0.1) is 6.92 Å². The van der Waals surface area contributed by atoms with Gasteiger partial charge in [-0.05, 0) is 42.8 Å². The van der Waals surface area contributed by atoms with E-state index in [1.807, 2.05) is 42.2 Å². The quantitative estimate of drug-likeness (QED) is 0.770. The number of aromatic nitrogens is 1. The maximum Gasteiger partial charge on any atom is 0.104 e. The average molecular weight is 300 g/mol. The fourth-order valence-corrected chi connectivity index (χ4v) is 2.18. The van der Waals surface area contributed by atoms with E-state index in [-0.39, 0.29) is 13.2 Å². The van der Waals surface area contributed by atoms with Crippen LogP contribution >= 0.6 is 0 Å². The Balaban J connectivity index is 2.16. The molecule has 6 heteroatoms. The zero-order valence-electron chi connectivity index (χ0n) is 12.6. The predicted octanol–water partition coefficient (Wildman–Crippen LogP) is 2.60. The van der Waals surface area contributed by atoms with Gasteiger partial charge in [-0.25, -0.2) is 0 Å². The molecule has 6 nitrogen and oxygen atoms in total. The molecule has 2 N–H and O–H groups in total. The van der Waals surface area contributed by atoms with Crippen LogP contribution in [0.25, 0.3) is 0 Å². The molecule has 2 rings (SSSR count). The Hall–Kier alpha value is -2.31. The van der Waals surface area contributed by atoms with Gasteiger partial charge >= 0.3 is 0 Å². The molecule has 0 aliphatic carbocycles. The van der Waals surface area contributed by atoms with Crippen LogP contribution in [0.4, 0.5) is 17.1 Å². The largest absolute Gasteiger partial charge is 0.395 e. The summed E-state index contributed by atoms with van der Waals surface area (Å²) in [6.45, 7) is 3.03. The molecule has 0 atom stereocenters. The van der Waals surface area contributed by atoms with Crippen LogP contribution in [-0.4, -0.2) is 41.5 Å². The molecular formula is C16H20N4O2. The van der Waals surface area contributed by atoms with Crippen molar-refractivity contribution in [3.63, 3.8) is 0 Å². The number of benzene rings is 1. The summed E-state index contributed by atoms with van der Waals surface area (Å²) >= 11 is 0. The molecule has 1 aromatic carbocycles. The Morgan fingerprint density at radius 3 is 2.36 bits per heavy atom. The molecule has 0 saturated carbocycles. The number of aliphatic hydroxyl groups excluding tert-OH is 2. The molecule has 22 heavy (non-hydrogen) atoms. The number of pyridine rings is 1. The van der Waals surface area contributed by atoms with E-state index < -0.39 is 0 Å². The van der Waals surface area contributed by atoms with Crippen LogP contribution in [0.3, 0.4) is 0 Å². The summed E-state index contributed by atoms with van der Waals surface area (Å²) in [6.07, 6.45) is 3.34. The highest BCUT2D eigenvalue weighted by Gasteiger charge is 2.08. The minimum Gasteiger partial charge on any atom is -0.395 e. The summed E-state index contributed by atoms with van der Waals surface area (Å²) in [5, 5.41) is 26.6. The van der Waals surface area contributed by atoms with Gasteiger partial charge in [0.25, 0.3) is 0 Å². The van der Waals surface area contributed by atoms with Crippen molar-refractivity contribution in [1.82, 2.24) is 4.98 Å². The lowest BCUT2D eigenvalue weighted by atomic mass is 10.1. The Kier molecular flexibility index (Phi) is 6.00. The average Bonchev–Trinajstić information content (AvgIpc) is 2.54. The van der Waals surface area contributed by atoms with Gasteiger partial charge in [-0.1, -0.05) is 0 Å². The topological polar surface area (TPSA) is 81.3 Å². The van der Waals surface area contributed by atoms with Crippen molar-refractivity contribution in [3.8, 4) is 0 Å². The lowest BCUT2D eigenvalue weighted by Crippen LogP contribution is -2.30.